The summed E-state index contributed by atoms with van der Waals surface area (Å²) in [5.41, 5.74) is 8.44. The summed E-state index contributed by atoms with van der Waals surface area (Å²) in [7, 11) is 0. The summed E-state index contributed by atoms with van der Waals surface area (Å²) in [4.78, 5) is 22.8. The molecule has 1 unspecified atom stereocenters. The zero-order chi connectivity index (χ0) is 24.4. The first-order chi connectivity index (χ1) is 17.0. The molecule has 1 amide bonds. The molecule has 4 nitrogen and oxygen atoms in total. The average Bonchev–Trinajstić information content (AvgIpc) is 2.86. The standard InChI is InChI=1S/C31H39N3O/c1-4-33-18-16-24(17-19-33)27-11-14-28-13-8-22(2)29(20-31(35)34(28)21-27)25-6-5-7-26-10-9-23(3)32-30(26)15-12-25/h6,11-15,20-22,24H,4-5,7-10,16-19H2,1-3H3/b15-12?,25-6?,28-13?,29-20+. The maximum atomic E-state index is 13.6. The maximum absolute atomic E-state index is 13.6. The van der Waals surface area contributed by atoms with Crippen LogP contribution in [0.4, 0.5) is 0 Å². The second-order valence-electron chi connectivity index (χ2n) is 10.6. The van der Waals surface area contributed by atoms with Crippen molar-refractivity contribution in [1.29, 1.82) is 0 Å². The summed E-state index contributed by atoms with van der Waals surface area (Å²) in [6, 6.07) is 0. The van der Waals surface area contributed by atoms with Gasteiger partial charge in [-0.25, -0.2) is 0 Å². The van der Waals surface area contributed by atoms with Crippen LogP contribution in [0.15, 0.2) is 87.4 Å². The SMILES string of the molecule is CCN1CCC(C2=CN3C(=O)/C=C(/C4=CCCC5=C(C=C4)N=C(C)CC5)C(C)CC=C3C=C2)CC1. The summed E-state index contributed by atoms with van der Waals surface area (Å²) in [6.45, 7) is 10.0. The molecule has 35 heavy (non-hydrogen) atoms. The maximum Gasteiger partial charge on any atom is 0.255 e. The highest BCUT2D eigenvalue weighted by Crippen LogP contribution is 2.35. The number of allylic oxidation sites excluding steroid dienone is 10. The number of fused-ring (bicyclic) bond motifs is 1. The number of nitrogens with zero attached hydrogens (tertiary/aromatic N) is 3. The second kappa shape index (κ2) is 10.5. The summed E-state index contributed by atoms with van der Waals surface area (Å²) in [5.74, 6) is 0.883. The van der Waals surface area contributed by atoms with Gasteiger partial charge in [0.25, 0.3) is 5.91 Å². The average molecular weight is 470 g/mol. The second-order valence-corrected chi connectivity index (χ2v) is 10.6. The van der Waals surface area contributed by atoms with Crippen molar-refractivity contribution in [2.45, 2.75) is 65.7 Å². The van der Waals surface area contributed by atoms with Gasteiger partial charge in [-0.15, -0.1) is 0 Å². The molecule has 0 bridgehead atoms. The van der Waals surface area contributed by atoms with Crippen molar-refractivity contribution in [3.05, 3.63) is 82.4 Å². The van der Waals surface area contributed by atoms with Gasteiger partial charge < -0.3 is 4.90 Å². The van der Waals surface area contributed by atoms with Gasteiger partial charge in [-0.2, -0.15) is 0 Å². The van der Waals surface area contributed by atoms with E-state index >= 15 is 0 Å². The lowest BCUT2D eigenvalue weighted by Gasteiger charge is -2.34. The molecule has 0 aromatic heterocycles. The van der Waals surface area contributed by atoms with Gasteiger partial charge in [0.15, 0.2) is 0 Å². The fourth-order valence-electron chi connectivity index (χ4n) is 5.91. The Hall–Kier alpha value is -2.72. The molecule has 1 atom stereocenters. The van der Waals surface area contributed by atoms with Gasteiger partial charge >= 0.3 is 0 Å². The van der Waals surface area contributed by atoms with Gasteiger partial charge in [0, 0.05) is 23.7 Å². The molecule has 4 heteroatoms. The molecule has 5 rings (SSSR count). The van der Waals surface area contributed by atoms with Crippen molar-refractivity contribution in [1.82, 2.24) is 9.80 Å². The molecule has 0 N–H and O–H groups in total. The predicted molar refractivity (Wildman–Crippen MR) is 145 cm³/mol. The highest BCUT2D eigenvalue weighted by molar-refractivity contribution is 5.92. The molecule has 1 saturated heterocycles. The van der Waals surface area contributed by atoms with E-state index in [2.05, 4.69) is 68.3 Å². The summed E-state index contributed by atoms with van der Waals surface area (Å²) < 4.78 is 0. The van der Waals surface area contributed by atoms with Crippen molar-refractivity contribution >= 4 is 11.6 Å². The summed E-state index contributed by atoms with van der Waals surface area (Å²) in [5, 5.41) is 0. The number of amides is 1. The van der Waals surface area contributed by atoms with E-state index in [0.29, 0.717) is 5.92 Å². The number of hydrogen-bond acceptors (Lipinski definition) is 3. The first-order valence-corrected chi connectivity index (χ1v) is 13.5. The number of hydrogen-bond donors (Lipinski definition) is 0. The van der Waals surface area contributed by atoms with Gasteiger partial charge in [0.05, 0.1) is 5.70 Å². The van der Waals surface area contributed by atoms with Crippen molar-refractivity contribution in [2.75, 3.05) is 19.6 Å². The third kappa shape index (κ3) is 5.28. The number of rotatable bonds is 3. The van der Waals surface area contributed by atoms with Gasteiger partial charge in [0.1, 0.15) is 0 Å². The Morgan fingerprint density at radius 3 is 2.66 bits per heavy atom. The van der Waals surface area contributed by atoms with Crippen LogP contribution in [0, 0.1) is 11.8 Å². The zero-order valence-electron chi connectivity index (χ0n) is 21.6. The van der Waals surface area contributed by atoms with Gasteiger partial charge in [-0.3, -0.25) is 14.7 Å². The van der Waals surface area contributed by atoms with E-state index in [9.17, 15) is 4.79 Å². The van der Waals surface area contributed by atoms with Crippen LogP contribution in [0.25, 0.3) is 0 Å². The quantitative estimate of drug-likeness (QED) is 0.465. The fourth-order valence-corrected chi connectivity index (χ4v) is 5.91. The molecule has 0 aromatic carbocycles. The van der Waals surface area contributed by atoms with E-state index in [0.717, 1.165) is 68.7 Å². The fraction of sp³-hybridized carbons (Fsp3) is 0.484. The molecule has 5 aliphatic rings. The molecule has 0 spiro atoms. The Morgan fingerprint density at radius 1 is 1.03 bits per heavy atom. The van der Waals surface area contributed by atoms with Crippen LogP contribution in [0.1, 0.15) is 65.7 Å². The molecule has 1 aliphatic carbocycles. The molecule has 4 heterocycles. The topological polar surface area (TPSA) is 35.9 Å². The van der Waals surface area contributed by atoms with E-state index < -0.39 is 0 Å². The largest absolute Gasteiger partial charge is 0.304 e. The minimum atomic E-state index is 0.0634. The Morgan fingerprint density at radius 2 is 1.86 bits per heavy atom. The van der Waals surface area contributed by atoms with Crippen LogP contribution in [0.5, 0.6) is 0 Å². The van der Waals surface area contributed by atoms with Crippen molar-refractivity contribution < 1.29 is 4.79 Å². The third-order valence-electron chi connectivity index (χ3n) is 8.26. The lowest BCUT2D eigenvalue weighted by molar-refractivity contribution is -0.122. The lowest BCUT2D eigenvalue weighted by atomic mass is 9.85. The highest BCUT2D eigenvalue weighted by atomic mass is 16.2. The minimum Gasteiger partial charge on any atom is -0.304 e. The first-order valence-electron chi connectivity index (χ1n) is 13.5. The minimum absolute atomic E-state index is 0.0634. The van der Waals surface area contributed by atoms with Crippen LogP contribution in [-0.2, 0) is 4.79 Å². The molecule has 1 fully saturated rings. The Kier molecular flexibility index (Phi) is 7.19. The molecule has 184 valence electrons. The number of piperidine rings is 1. The molecular weight excluding hydrogens is 430 g/mol. The van der Waals surface area contributed by atoms with Crippen molar-refractivity contribution in [2.24, 2.45) is 16.8 Å². The normalized spacial score (nSPS) is 27.9. The van der Waals surface area contributed by atoms with Crippen molar-refractivity contribution in [3.8, 4) is 0 Å². The third-order valence-corrected chi connectivity index (χ3v) is 8.26. The van der Waals surface area contributed by atoms with Gasteiger partial charge in [0.2, 0.25) is 0 Å². The predicted octanol–water partition coefficient (Wildman–Crippen LogP) is 6.64. The highest BCUT2D eigenvalue weighted by Gasteiger charge is 2.27. The Balaban J connectivity index is 1.39. The number of aliphatic imine (C=N–C) groups is 1. The Bertz CT molecular complexity index is 1120. The van der Waals surface area contributed by atoms with E-state index in [1.165, 1.54) is 35.3 Å². The van der Waals surface area contributed by atoms with Crippen LogP contribution in [0.3, 0.4) is 0 Å². The molecule has 0 saturated carbocycles. The smallest absolute Gasteiger partial charge is 0.255 e. The van der Waals surface area contributed by atoms with E-state index in [1.54, 1.807) is 0 Å². The van der Waals surface area contributed by atoms with E-state index in [4.69, 9.17) is 4.99 Å². The van der Waals surface area contributed by atoms with E-state index in [-0.39, 0.29) is 11.8 Å². The number of carbonyl (C=O) groups is 1. The van der Waals surface area contributed by atoms with Gasteiger partial charge in [-0.05, 0) is 118 Å². The molecule has 0 radical (unpaired) electrons. The van der Waals surface area contributed by atoms with Crippen LogP contribution in [-0.4, -0.2) is 41.1 Å². The van der Waals surface area contributed by atoms with Crippen LogP contribution in [0.2, 0.25) is 0 Å². The summed E-state index contributed by atoms with van der Waals surface area (Å²) in [6.07, 6.45) is 24.8. The number of likely N-dealkylation sites (tertiary alicyclic amines) is 1. The van der Waals surface area contributed by atoms with Crippen LogP contribution < -0.4 is 0 Å². The zero-order valence-corrected chi connectivity index (χ0v) is 21.6. The van der Waals surface area contributed by atoms with Crippen molar-refractivity contribution in [3.63, 3.8) is 0 Å². The Labute approximate surface area is 210 Å². The monoisotopic (exact) mass is 469 g/mol. The lowest BCUT2D eigenvalue weighted by Crippen LogP contribution is -2.35. The molecular formula is C31H39N3O. The first kappa shape index (κ1) is 24.0. The van der Waals surface area contributed by atoms with E-state index in [1.807, 2.05) is 11.0 Å². The molecule has 0 aromatic rings. The van der Waals surface area contributed by atoms with Crippen LogP contribution >= 0.6 is 0 Å². The molecule has 4 aliphatic heterocycles. The van der Waals surface area contributed by atoms with Gasteiger partial charge in [-0.1, -0.05) is 38.2 Å². The number of carbonyl (C=O) groups excluding carboxylic acids is 1. The summed E-state index contributed by atoms with van der Waals surface area (Å²) >= 11 is 0.